The van der Waals surface area contributed by atoms with E-state index >= 15 is 0 Å². The molecule has 2 aromatic rings. The number of pyridine rings is 1. The second kappa shape index (κ2) is 4.71. The molecule has 2 nitrogen and oxygen atoms in total. The largest absolute Gasteiger partial charge is 0.228 e. The van der Waals surface area contributed by atoms with Gasteiger partial charge in [0.1, 0.15) is 5.82 Å². The minimum absolute atomic E-state index is 0.0608. The van der Waals surface area contributed by atoms with Crippen molar-refractivity contribution in [3.8, 4) is 17.2 Å². The summed E-state index contributed by atoms with van der Waals surface area (Å²) in [6.07, 6.45) is 1.38. The zero-order chi connectivity index (χ0) is 12.3. The lowest BCUT2D eigenvalue weighted by atomic mass is 10.0. The van der Waals surface area contributed by atoms with E-state index in [-0.39, 0.29) is 12.2 Å². The van der Waals surface area contributed by atoms with Crippen LogP contribution in [0.1, 0.15) is 5.56 Å². The molecule has 0 saturated carbocycles. The minimum Gasteiger partial charge on any atom is -0.228 e. The van der Waals surface area contributed by atoms with Crippen molar-refractivity contribution in [3.63, 3.8) is 0 Å². The van der Waals surface area contributed by atoms with Crippen molar-refractivity contribution in [1.29, 1.82) is 5.26 Å². The normalized spacial score (nSPS) is 9.94. The van der Waals surface area contributed by atoms with Crippen LogP contribution >= 0.6 is 0 Å². The Morgan fingerprint density at radius 1 is 1.24 bits per heavy atom. The number of aromatic nitrogens is 1. The predicted molar refractivity (Wildman–Crippen MR) is 58.9 cm³/mol. The Hall–Kier alpha value is -2.28. The second-order valence-electron chi connectivity index (χ2n) is 3.51. The van der Waals surface area contributed by atoms with Gasteiger partial charge < -0.3 is 0 Å². The lowest BCUT2D eigenvalue weighted by molar-refractivity contribution is 0.582. The number of nitriles is 1. The van der Waals surface area contributed by atoms with E-state index in [9.17, 15) is 8.78 Å². The van der Waals surface area contributed by atoms with Gasteiger partial charge in [0.05, 0.1) is 12.5 Å². The fraction of sp³-hybridized carbons (Fsp3) is 0.0769. The molecule has 1 heterocycles. The fourth-order valence-corrected chi connectivity index (χ4v) is 1.62. The summed E-state index contributed by atoms with van der Waals surface area (Å²) in [5.41, 5.74) is 1.67. The van der Waals surface area contributed by atoms with Gasteiger partial charge in [-0.25, -0.2) is 9.37 Å². The van der Waals surface area contributed by atoms with Crippen LogP contribution in [0.25, 0.3) is 11.1 Å². The van der Waals surface area contributed by atoms with Crippen LogP contribution in [0, 0.1) is 23.1 Å². The fourth-order valence-electron chi connectivity index (χ4n) is 1.62. The van der Waals surface area contributed by atoms with Gasteiger partial charge >= 0.3 is 0 Å². The van der Waals surface area contributed by atoms with Gasteiger partial charge in [-0.1, -0.05) is 12.1 Å². The van der Waals surface area contributed by atoms with Crippen LogP contribution in [0.15, 0.2) is 36.5 Å². The summed E-state index contributed by atoms with van der Waals surface area (Å²) in [5.74, 6) is -1.02. The van der Waals surface area contributed by atoms with Crippen LogP contribution in [-0.2, 0) is 6.42 Å². The van der Waals surface area contributed by atoms with Gasteiger partial charge in [0.2, 0.25) is 5.95 Å². The van der Waals surface area contributed by atoms with Crippen LogP contribution in [-0.4, -0.2) is 4.98 Å². The van der Waals surface area contributed by atoms with E-state index in [2.05, 4.69) is 4.98 Å². The lowest BCUT2D eigenvalue weighted by Gasteiger charge is -2.06. The first kappa shape index (κ1) is 11.2. The highest BCUT2D eigenvalue weighted by Gasteiger charge is 2.08. The summed E-state index contributed by atoms with van der Waals surface area (Å²) < 4.78 is 26.1. The summed E-state index contributed by atoms with van der Waals surface area (Å²) in [6.45, 7) is 0. The summed E-state index contributed by atoms with van der Waals surface area (Å²) >= 11 is 0. The van der Waals surface area contributed by atoms with Crippen molar-refractivity contribution in [2.24, 2.45) is 0 Å². The smallest absolute Gasteiger partial charge is 0.213 e. The van der Waals surface area contributed by atoms with Gasteiger partial charge in [0.25, 0.3) is 0 Å². The third kappa shape index (κ3) is 2.45. The van der Waals surface area contributed by atoms with E-state index < -0.39 is 5.95 Å². The Kier molecular flexibility index (Phi) is 3.10. The molecule has 0 atom stereocenters. The quantitative estimate of drug-likeness (QED) is 0.743. The number of hydrogen-bond donors (Lipinski definition) is 0. The van der Waals surface area contributed by atoms with Crippen LogP contribution in [0.3, 0.4) is 0 Å². The van der Waals surface area contributed by atoms with Crippen LogP contribution < -0.4 is 0 Å². The molecule has 0 spiro atoms. The van der Waals surface area contributed by atoms with Crippen molar-refractivity contribution in [1.82, 2.24) is 4.98 Å². The van der Waals surface area contributed by atoms with E-state index in [1.54, 1.807) is 12.1 Å². The molecule has 0 radical (unpaired) electrons. The van der Waals surface area contributed by atoms with Gasteiger partial charge in [-0.2, -0.15) is 9.65 Å². The highest BCUT2D eigenvalue weighted by molar-refractivity contribution is 5.66. The summed E-state index contributed by atoms with van der Waals surface area (Å²) in [7, 11) is 0. The van der Waals surface area contributed by atoms with E-state index in [4.69, 9.17) is 5.26 Å². The Morgan fingerprint density at radius 3 is 2.76 bits per heavy atom. The molecule has 2 rings (SSSR count). The molecular weight excluding hydrogens is 222 g/mol. The summed E-state index contributed by atoms with van der Waals surface area (Å²) in [5, 5.41) is 8.67. The Bertz CT molecular complexity index is 588. The van der Waals surface area contributed by atoms with E-state index in [1.165, 1.54) is 24.4 Å². The molecule has 17 heavy (non-hydrogen) atoms. The maximum absolute atomic E-state index is 13.1. The van der Waals surface area contributed by atoms with Crippen LogP contribution in [0.5, 0.6) is 0 Å². The molecular formula is C13H8F2N2. The van der Waals surface area contributed by atoms with Crippen molar-refractivity contribution < 1.29 is 8.78 Å². The molecule has 0 unspecified atom stereocenters. The van der Waals surface area contributed by atoms with E-state index in [0.29, 0.717) is 16.7 Å². The van der Waals surface area contributed by atoms with Gasteiger partial charge in [0, 0.05) is 11.8 Å². The van der Waals surface area contributed by atoms with E-state index in [0.717, 1.165) is 0 Å². The Balaban J connectivity index is 2.55. The SMILES string of the molecule is N#CCc1cc(F)ncc1-c1cccc(F)c1. The molecule has 0 aliphatic heterocycles. The minimum atomic E-state index is -0.643. The molecule has 0 fully saturated rings. The molecule has 4 heteroatoms. The number of rotatable bonds is 2. The van der Waals surface area contributed by atoms with Gasteiger partial charge in [-0.3, -0.25) is 0 Å². The van der Waals surface area contributed by atoms with Crippen molar-refractivity contribution >= 4 is 0 Å². The summed E-state index contributed by atoms with van der Waals surface area (Å²) in [6, 6.07) is 9.05. The molecule has 0 bridgehead atoms. The Labute approximate surface area is 97.2 Å². The topological polar surface area (TPSA) is 36.7 Å². The first-order valence-electron chi connectivity index (χ1n) is 4.98. The van der Waals surface area contributed by atoms with Crippen molar-refractivity contribution in [2.75, 3.05) is 0 Å². The van der Waals surface area contributed by atoms with Crippen LogP contribution in [0.4, 0.5) is 8.78 Å². The molecule has 0 aliphatic carbocycles. The second-order valence-corrected chi connectivity index (χ2v) is 3.51. The third-order valence-electron chi connectivity index (χ3n) is 2.36. The molecule has 84 valence electrons. The molecule has 0 N–H and O–H groups in total. The average Bonchev–Trinajstić information content (AvgIpc) is 2.29. The molecule has 0 amide bonds. The third-order valence-corrected chi connectivity index (χ3v) is 2.36. The van der Waals surface area contributed by atoms with Gasteiger partial charge in [-0.05, 0) is 29.3 Å². The molecule has 0 aliphatic rings. The van der Waals surface area contributed by atoms with E-state index in [1.807, 2.05) is 6.07 Å². The molecule has 1 aromatic heterocycles. The van der Waals surface area contributed by atoms with Gasteiger partial charge in [-0.15, -0.1) is 0 Å². The number of halogens is 2. The van der Waals surface area contributed by atoms with Gasteiger partial charge in [0.15, 0.2) is 0 Å². The molecule has 0 saturated heterocycles. The zero-order valence-corrected chi connectivity index (χ0v) is 8.82. The lowest BCUT2D eigenvalue weighted by Crippen LogP contribution is -1.93. The first-order chi connectivity index (χ1) is 8.20. The Morgan fingerprint density at radius 2 is 2.06 bits per heavy atom. The predicted octanol–water partition coefficient (Wildman–Crippen LogP) is 3.09. The first-order valence-corrected chi connectivity index (χ1v) is 4.98. The van der Waals surface area contributed by atoms with Crippen LogP contribution in [0.2, 0.25) is 0 Å². The highest BCUT2D eigenvalue weighted by atomic mass is 19.1. The average molecular weight is 230 g/mol. The molecule has 1 aromatic carbocycles. The monoisotopic (exact) mass is 230 g/mol. The standard InChI is InChI=1S/C13H8F2N2/c14-11-3-1-2-9(6-11)12-8-17-13(15)7-10(12)4-5-16/h1-3,6-8H,4H2. The van der Waals surface area contributed by atoms with Crippen molar-refractivity contribution in [3.05, 3.63) is 53.9 Å². The maximum Gasteiger partial charge on any atom is 0.213 e. The number of nitrogens with zero attached hydrogens (tertiary/aromatic N) is 2. The zero-order valence-electron chi connectivity index (χ0n) is 8.82. The maximum atomic E-state index is 13.1. The number of hydrogen-bond acceptors (Lipinski definition) is 2. The highest BCUT2D eigenvalue weighted by Crippen LogP contribution is 2.24. The van der Waals surface area contributed by atoms with Crippen molar-refractivity contribution in [2.45, 2.75) is 6.42 Å². The summed E-state index contributed by atoms with van der Waals surface area (Å²) in [4.78, 5) is 3.53. The number of benzene rings is 1.